The Kier molecular flexibility index (Phi) is 6.54. The van der Waals surface area contributed by atoms with E-state index in [2.05, 4.69) is 16.0 Å². The Balaban J connectivity index is 1.98. The van der Waals surface area contributed by atoms with Crippen LogP contribution in [0.5, 0.6) is 0 Å². The summed E-state index contributed by atoms with van der Waals surface area (Å²) in [6.45, 7) is 0. The first-order valence-corrected chi connectivity index (χ1v) is 9.12. The molecule has 0 saturated heterocycles. The van der Waals surface area contributed by atoms with Gasteiger partial charge in [0.1, 0.15) is 6.04 Å². The Morgan fingerprint density at radius 3 is 1.54 bits per heavy atom. The number of carbonyl (C=O) groups excluding carboxylic acids is 2. The monoisotopic (exact) mass is 373 g/mol. The minimum atomic E-state index is -0.705. The minimum absolute atomic E-state index is 0.219. The zero-order valence-corrected chi connectivity index (χ0v) is 15.6. The molecule has 0 aliphatic carbocycles. The van der Waals surface area contributed by atoms with Crippen molar-refractivity contribution in [3.8, 4) is 0 Å². The van der Waals surface area contributed by atoms with Crippen molar-refractivity contribution < 1.29 is 9.59 Å². The van der Waals surface area contributed by atoms with Crippen LogP contribution in [0.25, 0.3) is 0 Å². The van der Waals surface area contributed by atoms with E-state index in [1.807, 2.05) is 91.0 Å². The lowest BCUT2D eigenvalue weighted by atomic mass is 9.96. The second-order valence-electron chi connectivity index (χ2n) is 6.33. The highest BCUT2D eigenvalue weighted by Crippen LogP contribution is 2.26. The summed E-state index contributed by atoms with van der Waals surface area (Å²) in [5.74, 6) is -0.414. The lowest BCUT2D eigenvalue weighted by Crippen LogP contribution is -2.45. The maximum atomic E-state index is 12.9. The summed E-state index contributed by atoms with van der Waals surface area (Å²) in [6.07, 6.45) is 0. The maximum absolute atomic E-state index is 12.9. The van der Waals surface area contributed by atoms with Crippen LogP contribution in [0.2, 0.25) is 0 Å². The molecule has 0 aliphatic rings. The predicted octanol–water partition coefficient (Wildman–Crippen LogP) is 3.56. The average Bonchev–Trinajstić information content (AvgIpc) is 2.76. The van der Waals surface area contributed by atoms with Crippen LogP contribution in [-0.4, -0.2) is 19.0 Å². The Morgan fingerprint density at radius 2 is 1.11 bits per heavy atom. The Hall–Kier alpha value is -3.44. The van der Waals surface area contributed by atoms with E-state index in [1.54, 1.807) is 0 Å². The summed E-state index contributed by atoms with van der Waals surface area (Å²) >= 11 is 0. The van der Waals surface area contributed by atoms with Crippen LogP contribution in [-0.2, 0) is 4.79 Å². The van der Waals surface area contributed by atoms with Crippen LogP contribution in [0, 0.1) is 0 Å². The number of amides is 3. The summed E-state index contributed by atoms with van der Waals surface area (Å²) in [5.41, 5.74) is 2.84. The molecule has 3 aromatic carbocycles. The second-order valence-corrected chi connectivity index (χ2v) is 6.33. The molecule has 3 rings (SSSR count). The van der Waals surface area contributed by atoms with Crippen molar-refractivity contribution >= 4 is 11.9 Å². The van der Waals surface area contributed by atoms with Gasteiger partial charge in [-0.1, -0.05) is 91.0 Å². The van der Waals surface area contributed by atoms with Crippen molar-refractivity contribution in [2.45, 2.75) is 12.1 Å². The third-order valence-electron chi connectivity index (χ3n) is 4.46. The molecule has 1 atom stereocenters. The van der Waals surface area contributed by atoms with Crippen LogP contribution in [0.1, 0.15) is 28.8 Å². The number of carbonyl (C=O) groups is 2. The van der Waals surface area contributed by atoms with Crippen LogP contribution in [0.15, 0.2) is 91.0 Å². The summed E-state index contributed by atoms with van der Waals surface area (Å²) in [7, 11) is 1.48. The Morgan fingerprint density at radius 1 is 0.679 bits per heavy atom. The van der Waals surface area contributed by atoms with Gasteiger partial charge in [0.2, 0.25) is 5.91 Å². The van der Waals surface area contributed by atoms with E-state index in [1.165, 1.54) is 7.05 Å². The van der Waals surface area contributed by atoms with Gasteiger partial charge in [0.25, 0.3) is 0 Å². The SMILES string of the molecule is CNC(=O)NC(=O)[C@@H](NC(c1ccccc1)c1ccccc1)c1ccccc1. The molecule has 0 radical (unpaired) electrons. The first-order valence-electron chi connectivity index (χ1n) is 9.12. The molecular formula is C23H23N3O2. The second kappa shape index (κ2) is 9.48. The van der Waals surface area contributed by atoms with Gasteiger partial charge in [0, 0.05) is 7.05 Å². The molecule has 3 N–H and O–H groups in total. The van der Waals surface area contributed by atoms with Gasteiger partial charge < -0.3 is 5.32 Å². The predicted molar refractivity (Wildman–Crippen MR) is 110 cm³/mol. The van der Waals surface area contributed by atoms with E-state index in [4.69, 9.17) is 0 Å². The van der Waals surface area contributed by atoms with Gasteiger partial charge in [0.15, 0.2) is 0 Å². The number of hydrogen-bond acceptors (Lipinski definition) is 3. The van der Waals surface area contributed by atoms with E-state index < -0.39 is 18.0 Å². The molecule has 142 valence electrons. The fourth-order valence-corrected chi connectivity index (χ4v) is 3.06. The van der Waals surface area contributed by atoms with E-state index in [9.17, 15) is 9.59 Å². The van der Waals surface area contributed by atoms with Crippen molar-refractivity contribution in [1.82, 2.24) is 16.0 Å². The van der Waals surface area contributed by atoms with Gasteiger partial charge in [-0.15, -0.1) is 0 Å². The van der Waals surface area contributed by atoms with Crippen molar-refractivity contribution in [3.05, 3.63) is 108 Å². The summed E-state index contributed by atoms with van der Waals surface area (Å²) in [6, 6.07) is 27.8. The fourth-order valence-electron chi connectivity index (χ4n) is 3.06. The third-order valence-corrected chi connectivity index (χ3v) is 4.46. The number of benzene rings is 3. The van der Waals surface area contributed by atoms with Crippen molar-refractivity contribution in [2.24, 2.45) is 0 Å². The van der Waals surface area contributed by atoms with E-state index >= 15 is 0 Å². The van der Waals surface area contributed by atoms with Gasteiger partial charge in [-0.05, 0) is 16.7 Å². The zero-order chi connectivity index (χ0) is 19.8. The molecule has 3 aromatic rings. The molecule has 0 bridgehead atoms. The fraction of sp³-hybridized carbons (Fsp3) is 0.130. The summed E-state index contributed by atoms with van der Waals surface area (Å²) in [4.78, 5) is 24.6. The average molecular weight is 373 g/mol. The lowest BCUT2D eigenvalue weighted by Gasteiger charge is -2.26. The van der Waals surface area contributed by atoms with Gasteiger partial charge in [-0.25, -0.2) is 4.79 Å². The quantitative estimate of drug-likeness (QED) is 0.619. The molecule has 0 spiro atoms. The number of nitrogens with one attached hydrogen (secondary N) is 3. The number of urea groups is 1. The van der Waals surface area contributed by atoms with Crippen molar-refractivity contribution in [3.63, 3.8) is 0 Å². The van der Waals surface area contributed by atoms with Gasteiger partial charge in [0.05, 0.1) is 6.04 Å². The molecule has 28 heavy (non-hydrogen) atoms. The van der Waals surface area contributed by atoms with E-state index in [-0.39, 0.29) is 6.04 Å². The highest BCUT2D eigenvalue weighted by atomic mass is 16.2. The van der Waals surface area contributed by atoms with Gasteiger partial charge >= 0.3 is 6.03 Å². The first-order chi connectivity index (χ1) is 13.7. The molecule has 0 aliphatic heterocycles. The smallest absolute Gasteiger partial charge is 0.321 e. The molecule has 5 nitrogen and oxygen atoms in total. The third kappa shape index (κ3) is 4.84. The molecule has 0 aromatic heterocycles. The van der Waals surface area contributed by atoms with Crippen LogP contribution in [0.3, 0.4) is 0 Å². The van der Waals surface area contributed by atoms with Crippen LogP contribution in [0.4, 0.5) is 4.79 Å². The van der Waals surface area contributed by atoms with Crippen molar-refractivity contribution in [2.75, 3.05) is 7.05 Å². The van der Waals surface area contributed by atoms with Crippen molar-refractivity contribution in [1.29, 1.82) is 0 Å². The lowest BCUT2D eigenvalue weighted by molar-refractivity contribution is -0.122. The normalized spacial score (nSPS) is 11.6. The number of imide groups is 1. The zero-order valence-electron chi connectivity index (χ0n) is 15.6. The standard InChI is InChI=1S/C23H23N3O2/c1-24-23(28)26-22(27)21(19-15-9-4-10-16-19)25-20(17-11-5-2-6-12-17)18-13-7-3-8-14-18/h2-16,20-21,25H,1H3,(H2,24,26,27,28)/t21-/m0/s1. The van der Waals surface area contributed by atoms with Crippen LogP contribution < -0.4 is 16.0 Å². The maximum Gasteiger partial charge on any atom is 0.321 e. The Labute approximate surface area is 164 Å². The molecule has 5 heteroatoms. The summed E-state index contributed by atoms with van der Waals surface area (Å²) in [5, 5.41) is 8.25. The molecular weight excluding hydrogens is 350 g/mol. The first kappa shape index (κ1) is 19.3. The van der Waals surface area contributed by atoms with E-state index in [0.717, 1.165) is 16.7 Å². The number of rotatable bonds is 6. The highest BCUT2D eigenvalue weighted by molar-refractivity contribution is 5.97. The number of hydrogen-bond donors (Lipinski definition) is 3. The molecule has 0 fully saturated rings. The molecule has 3 amide bonds. The molecule has 0 heterocycles. The topological polar surface area (TPSA) is 70.2 Å². The minimum Gasteiger partial charge on any atom is -0.341 e. The largest absolute Gasteiger partial charge is 0.341 e. The van der Waals surface area contributed by atoms with Gasteiger partial charge in [-0.2, -0.15) is 0 Å². The molecule has 0 saturated carbocycles. The van der Waals surface area contributed by atoms with Crippen LogP contribution >= 0.6 is 0 Å². The molecule has 0 unspecified atom stereocenters. The van der Waals surface area contributed by atoms with Gasteiger partial charge in [-0.3, -0.25) is 15.4 Å². The summed E-state index contributed by atoms with van der Waals surface area (Å²) < 4.78 is 0. The Bertz CT molecular complexity index is 859. The van der Waals surface area contributed by atoms with E-state index in [0.29, 0.717) is 0 Å². The highest BCUT2D eigenvalue weighted by Gasteiger charge is 2.26.